The minimum Gasteiger partial charge on any atom is -0.448 e. The molecule has 0 bridgehead atoms. The molecule has 0 saturated heterocycles. The summed E-state index contributed by atoms with van der Waals surface area (Å²) in [7, 11) is 0. The van der Waals surface area contributed by atoms with Crippen molar-refractivity contribution in [2.24, 2.45) is 0 Å². The van der Waals surface area contributed by atoms with Crippen LogP contribution in [0.4, 0.5) is 0 Å². The second-order valence-corrected chi connectivity index (χ2v) is 2.17. The summed E-state index contributed by atoms with van der Waals surface area (Å²) in [5.74, 6) is 0.780. The number of nitrogens with zero attached hydrogens (tertiary/aromatic N) is 2. The Balaban J connectivity index is 2.53. The molecule has 0 amide bonds. The van der Waals surface area contributed by atoms with Crippen LogP contribution in [0.5, 0.6) is 0 Å². The Bertz CT molecular complexity index is 336. The molecule has 0 atom stereocenters. The number of aryl methyl sites for hydroxylation is 1. The summed E-state index contributed by atoms with van der Waals surface area (Å²) in [6.45, 7) is 1.85. The zero-order valence-electron chi connectivity index (χ0n) is 5.96. The molecule has 0 saturated carbocycles. The van der Waals surface area contributed by atoms with Gasteiger partial charge in [0.2, 0.25) is 0 Å². The third kappa shape index (κ3) is 0.920. The molecule has 1 N–H and O–H groups in total. The minimum atomic E-state index is 0.780. The van der Waals surface area contributed by atoms with Gasteiger partial charge >= 0.3 is 0 Å². The average Bonchev–Trinajstić information content (AvgIpc) is 2.55. The van der Waals surface area contributed by atoms with Gasteiger partial charge in [-0.15, -0.1) is 0 Å². The highest BCUT2D eigenvalue weighted by Crippen LogP contribution is 2.18. The molecule has 2 aromatic rings. The molecule has 11 heavy (non-hydrogen) atoms. The van der Waals surface area contributed by atoms with Crippen LogP contribution in [0.1, 0.15) is 5.76 Å². The molecule has 0 aliphatic heterocycles. The van der Waals surface area contributed by atoms with Crippen molar-refractivity contribution < 1.29 is 4.42 Å². The molecule has 0 fully saturated rings. The van der Waals surface area contributed by atoms with Gasteiger partial charge in [0.15, 0.2) is 6.39 Å². The highest BCUT2D eigenvalue weighted by atomic mass is 16.3. The van der Waals surface area contributed by atoms with Gasteiger partial charge < -0.3 is 4.42 Å². The molecule has 1 radical (unpaired) electrons. The molecule has 4 heteroatoms. The lowest BCUT2D eigenvalue weighted by Crippen LogP contribution is -1.75. The lowest BCUT2D eigenvalue weighted by atomic mass is 10.2. The standard InChI is InChI=1S/C7H6N3O/c1-5-7(8-4-11-5)6-2-9-10-3-6/h2,4H,1H3,(H,9,10). The molecular formula is C7H6N3O. The van der Waals surface area contributed by atoms with Gasteiger partial charge in [0.1, 0.15) is 17.7 Å². The van der Waals surface area contributed by atoms with Gasteiger partial charge in [-0.3, -0.25) is 5.10 Å². The fourth-order valence-corrected chi connectivity index (χ4v) is 0.907. The second kappa shape index (κ2) is 2.23. The summed E-state index contributed by atoms with van der Waals surface area (Å²) < 4.78 is 5.02. The van der Waals surface area contributed by atoms with Crippen molar-refractivity contribution in [3.05, 3.63) is 24.5 Å². The minimum absolute atomic E-state index is 0.780. The Morgan fingerprint density at radius 2 is 2.55 bits per heavy atom. The van der Waals surface area contributed by atoms with E-state index in [9.17, 15) is 0 Å². The molecule has 2 heterocycles. The summed E-state index contributed by atoms with van der Waals surface area (Å²) >= 11 is 0. The summed E-state index contributed by atoms with van der Waals surface area (Å²) in [6, 6.07) is 0. The number of aromatic amines is 1. The first-order valence-electron chi connectivity index (χ1n) is 3.20. The van der Waals surface area contributed by atoms with Crippen LogP contribution in [0.3, 0.4) is 0 Å². The lowest BCUT2D eigenvalue weighted by molar-refractivity contribution is 0.527. The van der Waals surface area contributed by atoms with Gasteiger partial charge in [0.05, 0.1) is 5.56 Å². The summed E-state index contributed by atoms with van der Waals surface area (Å²) in [5.41, 5.74) is 1.62. The Morgan fingerprint density at radius 3 is 3.09 bits per heavy atom. The van der Waals surface area contributed by atoms with E-state index in [0.29, 0.717) is 0 Å². The topological polar surface area (TPSA) is 54.7 Å². The fraction of sp³-hybridized carbons (Fsp3) is 0.143. The first kappa shape index (κ1) is 6.15. The quantitative estimate of drug-likeness (QED) is 0.660. The number of hydrogen-bond donors (Lipinski definition) is 1. The third-order valence-corrected chi connectivity index (χ3v) is 1.45. The molecule has 4 nitrogen and oxygen atoms in total. The van der Waals surface area contributed by atoms with Gasteiger partial charge in [-0.05, 0) is 6.92 Å². The normalized spacial score (nSPS) is 10.3. The second-order valence-electron chi connectivity index (χ2n) is 2.17. The van der Waals surface area contributed by atoms with Crippen LogP contribution in [0.15, 0.2) is 17.0 Å². The number of aromatic nitrogens is 3. The first-order valence-corrected chi connectivity index (χ1v) is 3.20. The zero-order valence-corrected chi connectivity index (χ0v) is 5.96. The largest absolute Gasteiger partial charge is 0.448 e. The van der Waals surface area contributed by atoms with Crippen molar-refractivity contribution in [3.63, 3.8) is 0 Å². The van der Waals surface area contributed by atoms with Gasteiger partial charge in [0, 0.05) is 6.20 Å². The third-order valence-electron chi connectivity index (χ3n) is 1.45. The molecule has 0 unspecified atom stereocenters. The van der Waals surface area contributed by atoms with Gasteiger partial charge in [-0.2, -0.15) is 5.10 Å². The van der Waals surface area contributed by atoms with Gasteiger partial charge in [-0.1, -0.05) is 0 Å². The maximum atomic E-state index is 5.02. The first-order chi connectivity index (χ1) is 5.38. The summed E-state index contributed by atoms with van der Waals surface area (Å²) in [6.07, 6.45) is 5.89. The van der Waals surface area contributed by atoms with E-state index in [0.717, 1.165) is 17.0 Å². The van der Waals surface area contributed by atoms with Crippen molar-refractivity contribution in [1.82, 2.24) is 15.2 Å². The predicted octanol–water partition coefficient (Wildman–Crippen LogP) is 1.17. The number of H-pyrrole nitrogens is 1. The zero-order chi connectivity index (χ0) is 7.68. The molecule has 55 valence electrons. The highest BCUT2D eigenvalue weighted by molar-refractivity contribution is 5.57. The van der Waals surface area contributed by atoms with Crippen LogP contribution in [0, 0.1) is 13.1 Å². The Hall–Kier alpha value is -1.58. The van der Waals surface area contributed by atoms with Crippen molar-refractivity contribution in [1.29, 1.82) is 0 Å². The maximum absolute atomic E-state index is 5.02. The van der Waals surface area contributed by atoms with E-state index in [1.165, 1.54) is 6.39 Å². The van der Waals surface area contributed by atoms with Crippen molar-refractivity contribution in [2.45, 2.75) is 6.92 Å². The lowest BCUT2D eigenvalue weighted by Gasteiger charge is -1.86. The fourth-order valence-electron chi connectivity index (χ4n) is 0.907. The number of oxazole rings is 1. The van der Waals surface area contributed by atoms with E-state index in [1.54, 1.807) is 6.20 Å². The van der Waals surface area contributed by atoms with Crippen LogP contribution < -0.4 is 0 Å². The Kier molecular flexibility index (Phi) is 1.25. The Morgan fingerprint density at radius 1 is 1.64 bits per heavy atom. The molecule has 0 aliphatic rings. The number of hydrogen-bond acceptors (Lipinski definition) is 3. The van der Waals surface area contributed by atoms with Crippen LogP contribution >= 0.6 is 0 Å². The Labute approximate surface area is 63.3 Å². The summed E-state index contributed by atoms with van der Waals surface area (Å²) in [5, 5.41) is 6.35. The van der Waals surface area contributed by atoms with E-state index in [-0.39, 0.29) is 0 Å². The predicted molar refractivity (Wildman–Crippen MR) is 37.7 cm³/mol. The van der Waals surface area contributed by atoms with Gasteiger partial charge in [-0.25, -0.2) is 4.98 Å². The van der Waals surface area contributed by atoms with Crippen LogP contribution in [-0.2, 0) is 0 Å². The van der Waals surface area contributed by atoms with Gasteiger partial charge in [0.25, 0.3) is 0 Å². The maximum Gasteiger partial charge on any atom is 0.181 e. The molecule has 2 aromatic heterocycles. The van der Waals surface area contributed by atoms with Crippen LogP contribution in [-0.4, -0.2) is 15.2 Å². The van der Waals surface area contributed by atoms with Crippen LogP contribution in [0.2, 0.25) is 0 Å². The number of nitrogens with one attached hydrogen (secondary N) is 1. The number of rotatable bonds is 1. The molecule has 0 aliphatic carbocycles. The monoisotopic (exact) mass is 148 g/mol. The summed E-state index contributed by atoms with van der Waals surface area (Å²) in [4.78, 5) is 4.00. The average molecular weight is 148 g/mol. The van der Waals surface area contributed by atoms with E-state index in [2.05, 4.69) is 21.4 Å². The smallest absolute Gasteiger partial charge is 0.181 e. The SMILES string of the molecule is Cc1ocnc1-c1[c]n[nH]c1. The van der Waals surface area contributed by atoms with Crippen LogP contribution in [0.25, 0.3) is 11.3 Å². The molecular weight excluding hydrogens is 142 g/mol. The van der Waals surface area contributed by atoms with Crippen molar-refractivity contribution >= 4 is 0 Å². The molecule has 0 aromatic carbocycles. The van der Waals surface area contributed by atoms with E-state index in [4.69, 9.17) is 4.42 Å². The molecule has 0 spiro atoms. The van der Waals surface area contributed by atoms with Crippen molar-refractivity contribution in [2.75, 3.05) is 0 Å². The molecule has 2 rings (SSSR count). The van der Waals surface area contributed by atoms with E-state index >= 15 is 0 Å². The van der Waals surface area contributed by atoms with E-state index in [1.807, 2.05) is 6.92 Å². The van der Waals surface area contributed by atoms with Crippen molar-refractivity contribution in [3.8, 4) is 11.3 Å². The van der Waals surface area contributed by atoms with E-state index < -0.39 is 0 Å². The highest BCUT2D eigenvalue weighted by Gasteiger charge is 2.06.